The number of hydrogen-bond donors (Lipinski definition) is 1. The molecule has 1 aromatic heterocycles. The van der Waals surface area contributed by atoms with Crippen molar-refractivity contribution in [2.24, 2.45) is 0 Å². The summed E-state index contributed by atoms with van der Waals surface area (Å²) in [6.07, 6.45) is 4.58. The van der Waals surface area contributed by atoms with Crippen LogP contribution in [0.1, 0.15) is 30.3 Å². The van der Waals surface area contributed by atoms with Gasteiger partial charge in [-0.3, -0.25) is 0 Å². The molecule has 1 aliphatic heterocycles. The molecule has 0 bridgehead atoms. The van der Waals surface area contributed by atoms with E-state index >= 15 is 0 Å². The lowest BCUT2D eigenvalue weighted by atomic mass is 10.1. The van der Waals surface area contributed by atoms with Crippen LogP contribution in [0.3, 0.4) is 0 Å². The van der Waals surface area contributed by atoms with Crippen molar-refractivity contribution in [2.75, 3.05) is 13.6 Å². The quantitative estimate of drug-likeness (QED) is 0.801. The van der Waals surface area contributed by atoms with E-state index < -0.39 is 0 Å². The number of ether oxygens (including phenoxy) is 1. The first-order valence-corrected chi connectivity index (χ1v) is 5.15. The Morgan fingerprint density at radius 1 is 1.50 bits per heavy atom. The van der Waals surface area contributed by atoms with E-state index in [2.05, 4.69) is 5.32 Å². The third-order valence-corrected chi connectivity index (χ3v) is 2.79. The fourth-order valence-corrected chi connectivity index (χ4v) is 2.04. The zero-order valence-electron chi connectivity index (χ0n) is 8.75. The molecule has 2 rings (SSSR count). The van der Waals surface area contributed by atoms with Crippen LogP contribution in [0.4, 0.5) is 0 Å². The average Bonchev–Trinajstić information content (AvgIpc) is 2.74. The van der Waals surface area contributed by atoms with E-state index in [1.54, 1.807) is 6.26 Å². The minimum atomic E-state index is 0.243. The maximum atomic E-state index is 5.90. The van der Waals surface area contributed by atoms with Crippen LogP contribution in [-0.2, 0) is 4.74 Å². The Labute approximate surface area is 84.4 Å². The molecule has 1 aliphatic rings. The highest BCUT2D eigenvalue weighted by molar-refractivity contribution is 5.19. The smallest absolute Gasteiger partial charge is 0.106 e. The Kier molecular flexibility index (Phi) is 2.89. The molecule has 3 nitrogen and oxygen atoms in total. The van der Waals surface area contributed by atoms with Crippen molar-refractivity contribution in [3.63, 3.8) is 0 Å². The molecule has 1 aromatic rings. The highest BCUT2D eigenvalue weighted by Crippen LogP contribution is 2.34. The topological polar surface area (TPSA) is 34.4 Å². The van der Waals surface area contributed by atoms with Crippen LogP contribution < -0.4 is 5.32 Å². The summed E-state index contributed by atoms with van der Waals surface area (Å²) < 4.78 is 11.2. The summed E-state index contributed by atoms with van der Waals surface area (Å²) in [6.45, 7) is 2.93. The average molecular weight is 195 g/mol. The number of hydrogen-bond acceptors (Lipinski definition) is 3. The minimum absolute atomic E-state index is 0.243. The fraction of sp³-hybridized carbons (Fsp3) is 0.636. The lowest BCUT2D eigenvalue weighted by Gasteiger charge is -2.12. The van der Waals surface area contributed by atoms with Gasteiger partial charge in [-0.05, 0) is 32.9 Å². The van der Waals surface area contributed by atoms with Crippen molar-refractivity contribution in [2.45, 2.75) is 32.0 Å². The molecule has 0 spiro atoms. The van der Waals surface area contributed by atoms with Gasteiger partial charge in [0.25, 0.3) is 0 Å². The Bertz CT molecular complexity index is 295. The third-order valence-electron chi connectivity index (χ3n) is 2.79. The van der Waals surface area contributed by atoms with Crippen LogP contribution in [0, 0.1) is 6.92 Å². The predicted molar refractivity (Wildman–Crippen MR) is 54.2 cm³/mol. The number of furan rings is 1. The Hall–Kier alpha value is -0.800. The van der Waals surface area contributed by atoms with Gasteiger partial charge in [-0.15, -0.1) is 0 Å². The van der Waals surface area contributed by atoms with Gasteiger partial charge in [-0.2, -0.15) is 0 Å². The first-order chi connectivity index (χ1) is 6.81. The van der Waals surface area contributed by atoms with Gasteiger partial charge in [0.05, 0.1) is 18.5 Å². The highest BCUT2D eigenvalue weighted by Gasteiger charge is 2.27. The molecule has 2 atom stereocenters. The Morgan fingerprint density at radius 3 is 3.00 bits per heavy atom. The lowest BCUT2D eigenvalue weighted by molar-refractivity contribution is 0.0452. The molecule has 0 amide bonds. The van der Waals surface area contributed by atoms with Crippen molar-refractivity contribution < 1.29 is 9.15 Å². The van der Waals surface area contributed by atoms with Crippen LogP contribution in [0.25, 0.3) is 0 Å². The zero-order chi connectivity index (χ0) is 9.97. The maximum Gasteiger partial charge on any atom is 0.106 e. The fourth-order valence-electron chi connectivity index (χ4n) is 2.04. The summed E-state index contributed by atoms with van der Waals surface area (Å²) >= 11 is 0. The molecule has 0 radical (unpaired) electrons. The van der Waals surface area contributed by atoms with Gasteiger partial charge in [-0.25, -0.2) is 0 Å². The van der Waals surface area contributed by atoms with Crippen molar-refractivity contribution in [3.8, 4) is 0 Å². The lowest BCUT2D eigenvalue weighted by Crippen LogP contribution is -2.22. The van der Waals surface area contributed by atoms with Crippen molar-refractivity contribution in [3.05, 3.63) is 23.7 Å². The van der Waals surface area contributed by atoms with Gasteiger partial charge in [0.15, 0.2) is 0 Å². The molecule has 1 N–H and O–H groups in total. The van der Waals surface area contributed by atoms with E-state index in [9.17, 15) is 0 Å². The molecule has 0 aromatic carbocycles. The normalized spacial score (nSPS) is 27.0. The summed E-state index contributed by atoms with van der Waals surface area (Å²) in [5.74, 6) is 0.986. The molecule has 0 saturated carbocycles. The second-order valence-corrected chi connectivity index (χ2v) is 3.81. The summed E-state index contributed by atoms with van der Waals surface area (Å²) in [4.78, 5) is 0. The molecule has 2 heterocycles. The van der Waals surface area contributed by atoms with Crippen molar-refractivity contribution >= 4 is 0 Å². The Balaban J connectivity index is 1.99. The van der Waals surface area contributed by atoms with Gasteiger partial charge in [0.1, 0.15) is 5.76 Å². The van der Waals surface area contributed by atoms with Crippen LogP contribution in [0.2, 0.25) is 0 Å². The van der Waals surface area contributed by atoms with Gasteiger partial charge in [0, 0.05) is 12.1 Å². The summed E-state index contributed by atoms with van der Waals surface area (Å²) in [7, 11) is 1.96. The van der Waals surface area contributed by atoms with Gasteiger partial charge in [0.2, 0.25) is 0 Å². The first kappa shape index (κ1) is 9.74. The molecule has 78 valence electrons. The first-order valence-electron chi connectivity index (χ1n) is 5.15. The number of rotatable bonds is 3. The van der Waals surface area contributed by atoms with Crippen LogP contribution in [0.15, 0.2) is 16.7 Å². The summed E-state index contributed by atoms with van der Waals surface area (Å²) in [5, 5.41) is 3.14. The SMILES string of the molecule is CNCC1CCC(c2ccoc2C)O1. The second-order valence-electron chi connectivity index (χ2n) is 3.81. The molecule has 3 heteroatoms. The standard InChI is InChI=1S/C11H17NO2/c1-8-10(5-6-13-8)11-4-3-9(14-11)7-12-2/h5-6,9,11-12H,3-4,7H2,1-2H3. The third kappa shape index (κ3) is 1.83. The van der Waals surface area contributed by atoms with Gasteiger partial charge < -0.3 is 14.5 Å². The van der Waals surface area contributed by atoms with Crippen LogP contribution >= 0.6 is 0 Å². The number of likely N-dealkylation sites (N-methyl/N-ethyl adjacent to an activating group) is 1. The number of nitrogens with one attached hydrogen (secondary N) is 1. The molecule has 2 unspecified atom stereocenters. The molecular weight excluding hydrogens is 178 g/mol. The monoisotopic (exact) mass is 195 g/mol. The van der Waals surface area contributed by atoms with E-state index in [4.69, 9.17) is 9.15 Å². The summed E-state index contributed by atoms with van der Waals surface area (Å²) in [6, 6.07) is 2.02. The highest BCUT2D eigenvalue weighted by atomic mass is 16.5. The molecule has 0 aliphatic carbocycles. The largest absolute Gasteiger partial charge is 0.469 e. The zero-order valence-corrected chi connectivity index (χ0v) is 8.75. The van der Waals surface area contributed by atoms with Gasteiger partial charge in [-0.1, -0.05) is 0 Å². The molecular formula is C11H17NO2. The minimum Gasteiger partial charge on any atom is -0.469 e. The maximum absolute atomic E-state index is 5.90. The van der Waals surface area contributed by atoms with Crippen LogP contribution in [-0.4, -0.2) is 19.7 Å². The van der Waals surface area contributed by atoms with Crippen LogP contribution in [0.5, 0.6) is 0 Å². The van der Waals surface area contributed by atoms with E-state index in [0.29, 0.717) is 6.10 Å². The number of aryl methyl sites for hydroxylation is 1. The summed E-state index contributed by atoms with van der Waals surface area (Å²) in [5.41, 5.74) is 1.21. The molecule has 14 heavy (non-hydrogen) atoms. The van der Waals surface area contributed by atoms with Crippen molar-refractivity contribution in [1.29, 1.82) is 0 Å². The van der Waals surface area contributed by atoms with E-state index in [1.165, 1.54) is 5.56 Å². The van der Waals surface area contributed by atoms with E-state index in [0.717, 1.165) is 25.1 Å². The Morgan fingerprint density at radius 2 is 2.36 bits per heavy atom. The van der Waals surface area contributed by atoms with E-state index in [-0.39, 0.29) is 6.10 Å². The van der Waals surface area contributed by atoms with Crippen molar-refractivity contribution in [1.82, 2.24) is 5.32 Å². The van der Waals surface area contributed by atoms with Gasteiger partial charge >= 0.3 is 0 Å². The van der Waals surface area contributed by atoms with E-state index in [1.807, 2.05) is 20.0 Å². The molecule has 1 fully saturated rings. The molecule has 1 saturated heterocycles. The second kappa shape index (κ2) is 4.15. The predicted octanol–water partition coefficient (Wildman–Crippen LogP) is 2.03.